The Kier molecular flexibility index (Phi) is 5.12. The molecule has 1 N–H and O–H groups in total. The van der Waals surface area contributed by atoms with Crippen molar-refractivity contribution in [3.8, 4) is 6.07 Å². The number of anilines is 1. The van der Waals surface area contributed by atoms with Crippen LogP contribution in [0.5, 0.6) is 0 Å². The monoisotopic (exact) mass is 302 g/mol. The summed E-state index contributed by atoms with van der Waals surface area (Å²) in [7, 11) is 0. The smallest absolute Gasteiger partial charge is 0.350 e. The van der Waals surface area contributed by atoms with Crippen LogP contribution in [0.3, 0.4) is 0 Å². The zero-order valence-corrected chi connectivity index (χ0v) is 12.3. The molecule has 6 nitrogen and oxygen atoms in total. The molecular weight excluding hydrogens is 288 g/mol. The molecule has 0 saturated heterocycles. The van der Waals surface area contributed by atoms with Crippen molar-refractivity contribution in [1.82, 2.24) is 9.78 Å². The van der Waals surface area contributed by atoms with E-state index in [9.17, 15) is 4.79 Å². The van der Waals surface area contributed by atoms with Crippen LogP contribution in [0.4, 0.5) is 5.82 Å². The SMILES string of the molecule is CCOC(=O)/C(C#N)=C/Nc1ccnn1Cc1cccs1. The van der Waals surface area contributed by atoms with Crippen molar-refractivity contribution < 1.29 is 9.53 Å². The standard InChI is InChI=1S/C14H14N4O2S/c1-2-20-14(19)11(8-15)9-16-13-5-6-17-18(13)10-12-4-3-7-21-12/h3-7,9,16H,2,10H2,1H3/b11-9+. The van der Waals surface area contributed by atoms with Gasteiger partial charge in [0, 0.05) is 17.1 Å². The fraction of sp³-hybridized carbons (Fsp3) is 0.214. The van der Waals surface area contributed by atoms with E-state index in [0.29, 0.717) is 12.4 Å². The number of hydrogen-bond acceptors (Lipinski definition) is 6. The van der Waals surface area contributed by atoms with Gasteiger partial charge in [-0.05, 0) is 18.4 Å². The van der Waals surface area contributed by atoms with Crippen LogP contribution in [0.25, 0.3) is 0 Å². The Morgan fingerprint density at radius 3 is 3.14 bits per heavy atom. The molecule has 0 unspecified atom stereocenters. The van der Waals surface area contributed by atoms with E-state index in [1.54, 1.807) is 35.2 Å². The summed E-state index contributed by atoms with van der Waals surface area (Å²) in [5, 5.41) is 18.1. The normalized spacial score (nSPS) is 11.0. The van der Waals surface area contributed by atoms with Gasteiger partial charge < -0.3 is 10.1 Å². The largest absolute Gasteiger partial charge is 0.462 e. The van der Waals surface area contributed by atoms with Gasteiger partial charge in [-0.25, -0.2) is 9.48 Å². The fourth-order valence-corrected chi connectivity index (χ4v) is 2.31. The van der Waals surface area contributed by atoms with Crippen LogP contribution >= 0.6 is 11.3 Å². The van der Waals surface area contributed by atoms with E-state index in [-0.39, 0.29) is 12.2 Å². The number of nitriles is 1. The van der Waals surface area contributed by atoms with Gasteiger partial charge in [0.2, 0.25) is 0 Å². The van der Waals surface area contributed by atoms with E-state index in [2.05, 4.69) is 10.4 Å². The van der Waals surface area contributed by atoms with Crippen LogP contribution in [0, 0.1) is 11.3 Å². The highest BCUT2D eigenvalue weighted by molar-refractivity contribution is 7.09. The summed E-state index contributed by atoms with van der Waals surface area (Å²) in [6.07, 6.45) is 2.99. The van der Waals surface area contributed by atoms with Crippen LogP contribution < -0.4 is 5.32 Å². The quantitative estimate of drug-likeness (QED) is 0.503. The van der Waals surface area contributed by atoms with Gasteiger partial charge in [0.15, 0.2) is 5.57 Å². The second-order valence-corrected chi connectivity index (χ2v) is 5.02. The molecule has 2 heterocycles. The number of rotatable bonds is 6. The van der Waals surface area contributed by atoms with Gasteiger partial charge in [0.1, 0.15) is 11.9 Å². The van der Waals surface area contributed by atoms with Crippen LogP contribution in [0.2, 0.25) is 0 Å². The maximum Gasteiger partial charge on any atom is 0.350 e. The number of nitrogens with one attached hydrogen (secondary N) is 1. The zero-order chi connectivity index (χ0) is 15.1. The lowest BCUT2D eigenvalue weighted by Crippen LogP contribution is -2.09. The molecule has 0 amide bonds. The van der Waals surface area contributed by atoms with Gasteiger partial charge in [0.25, 0.3) is 0 Å². The Hall–Kier alpha value is -2.59. The third-order valence-corrected chi connectivity index (χ3v) is 3.44. The molecule has 2 aromatic heterocycles. The van der Waals surface area contributed by atoms with Crippen molar-refractivity contribution in [1.29, 1.82) is 5.26 Å². The first-order valence-electron chi connectivity index (χ1n) is 6.32. The number of aromatic nitrogens is 2. The molecule has 108 valence electrons. The minimum atomic E-state index is -0.642. The summed E-state index contributed by atoms with van der Waals surface area (Å²) in [5.74, 6) is 0.0530. The predicted octanol–water partition coefficient (Wildman–Crippen LogP) is 2.38. The van der Waals surface area contributed by atoms with E-state index < -0.39 is 5.97 Å². The predicted molar refractivity (Wildman–Crippen MR) is 79.6 cm³/mol. The fourth-order valence-electron chi connectivity index (χ4n) is 1.62. The second-order valence-electron chi connectivity index (χ2n) is 3.99. The maximum atomic E-state index is 11.5. The molecule has 0 aliphatic heterocycles. The van der Waals surface area contributed by atoms with Gasteiger partial charge in [0.05, 0.1) is 19.3 Å². The molecule has 0 aromatic carbocycles. The van der Waals surface area contributed by atoms with Gasteiger partial charge in [-0.15, -0.1) is 11.3 Å². The van der Waals surface area contributed by atoms with E-state index in [0.717, 1.165) is 4.88 Å². The zero-order valence-electron chi connectivity index (χ0n) is 11.4. The van der Waals surface area contributed by atoms with E-state index in [4.69, 9.17) is 10.00 Å². The van der Waals surface area contributed by atoms with Gasteiger partial charge >= 0.3 is 5.97 Å². The average molecular weight is 302 g/mol. The Balaban J connectivity index is 2.08. The third kappa shape index (κ3) is 3.94. The highest BCUT2D eigenvalue weighted by atomic mass is 32.1. The highest BCUT2D eigenvalue weighted by Gasteiger charge is 2.10. The lowest BCUT2D eigenvalue weighted by molar-refractivity contribution is -0.138. The molecule has 0 atom stereocenters. The average Bonchev–Trinajstić information content (AvgIpc) is 3.13. The second kappa shape index (κ2) is 7.26. The number of carbonyl (C=O) groups is 1. The summed E-state index contributed by atoms with van der Waals surface area (Å²) in [4.78, 5) is 12.7. The molecule has 0 spiro atoms. The Morgan fingerprint density at radius 2 is 2.48 bits per heavy atom. The van der Waals surface area contributed by atoms with Crippen LogP contribution in [-0.2, 0) is 16.1 Å². The highest BCUT2D eigenvalue weighted by Crippen LogP contribution is 2.14. The Morgan fingerprint density at radius 1 is 1.62 bits per heavy atom. The number of carbonyl (C=O) groups excluding carboxylic acids is 1. The number of esters is 1. The van der Waals surface area contributed by atoms with E-state index in [1.807, 2.05) is 23.6 Å². The number of hydrogen-bond donors (Lipinski definition) is 1. The first-order valence-corrected chi connectivity index (χ1v) is 7.20. The van der Waals surface area contributed by atoms with E-state index >= 15 is 0 Å². The third-order valence-electron chi connectivity index (χ3n) is 2.58. The minimum Gasteiger partial charge on any atom is -0.462 e. The van der Waals surface area contributed by atoms with Crippen molar-refractivity contribution in [2.45, 2.75) is 13.5 Å². The first kappa shape index (κ1) is 14.8. The Labute approximate surface area is 126 Å². The summed E-state index contributed by atoms with van der Waals surface area (Å²) in [6, 6.07) is 7.58. The van der Waals surface area contributed by atoms with Crippen LogP contribution in [0.15, 0.2) is 41.5 Å². The van der Waals surface area contributed by atoms with Crippen molar-refractivity contribution >= 4 is 23.1 Å². The number of ether oxygens (including phenoxy) is 1. The lowest BCUT2D eigenvalue weighted by Gasteiger charge is -2.06. The van der Waals surface area contributed by atoms with Crippen molar-refractivity contribution in [3.63, 3.8) is 0 Å². The maximum absolute atomic E-state index is 11.5. The molecular formula is C14H14N4O2S. The van der Waals surface area contributed by atoms with Gasteiger partial charge in [-0.3, -0.25) is 0 Å². The molecule has 0 aliphatic carbocycles. The molecule has 0 fully saturated rings. The molecule has 7 heteroatoms. The molecule has 2 rings (SSSR count). The number of nitrogens with zero attached hydrogens (tertiary/aromatic N) is 3. The first-order chi connectivity index (χ1) is 10.2. The van der Waals surface area contributed by atoms with Crippen LogP contribution in [0.1, 0.15) is 11.8 Å². The van der Waals surface area contributed by atoms with Crippen molar-refractivity contribution in [2.24, 2.45) is 0 Å². The Bertz CT molecular complexity index is 667. The molecule has 0 aliphatic rings. The minimum absolute atomic E-state index is 0.0827. The summed E-state index contributed by atoms with van der Waals surface area (Å²) >= 11 is 1.64. The molecule has 0 radical (unpaired) electrons. The van der Waals surface area contributed by atoms with Gasteiger partial charge in [-0.1, -0.05) is 6.07 Å². The van der Waals surface area contributed by atoms with Crippen LogP contribution in [-0.4, -0.2) is 22.4 Å². The topological polar surface area (TPSA) is 79.9 Å². The molecule has 2 aromatic rings. The molecule has 0 bridgehead atoms. The summed E-state index contributed by atoms with van der Waals surface area (Å²) in [5.41, 5.74) is -0.0827. The van der Waals surface area contributed by atoms with E-state index in [1.165, 1.54) is 6.20 Å². The van der Waals surface area contributed by atoms with Gasteiger partial charge in [-0.2, -0.15) is 10.4 Å². The van der Waals surface area contributed by atoms with Crippen molar-refractivity contribution in [3.05, 3.63) is 46.4 Å². The summed E-state index contributed by atoms with van der Waals surface area (Å²) < 4.78 is 6.54. The molecule has 21 heavy (non-hydrogen) atoms. The number of thiophene rings is 1. The van der Waals surface area contributed by atoms with Crippen molar-refractivity contribution in [2.75, 3.05) is 11.9 Å². The molecule has 0 saturated carbocycles. The summed E-state index contributed by atoms with van der Waals surface area (Å²) in [6.45, 7) is 2.55. The lowest BCUT2D eigenvalue weighted by atomic mass is 10.3.